The van der Waals surface area contributed by atoms with E-state index in [-0.39, 0.29) is 11.4 Å². The third-order valence-electron chi connectivity index (χ3n) is 2.43. The van der Waals surface area contributed by atoms with E-state index in [1.165, 1.54) is 12.3 Å². The van der Waals surface area contributed by atoms with Crippen LogP contribution in [0.15, 0.2) is 45.9 Å². The quantitative estimate of drug-likeness (QED) is 0.856. The van der Waals surface area contributed by atoms with Crippen LogP contribution in [-0.2, 0) is 10.0 Å². The lowest BCUT2D eigenvalue weighted by atomic mass is 10.2. The van der Waals surface area contributed by atoms with Crippen LogP contribution in [0.25, 0.3) is 0 Å². The first-order valence-electron chi connectivity index (χ1n) is 5.47. The highest BCUT2D eigenvalue weighted by atomic mass is 79.9. The molecule has 110 valence electrons. The third kappa shape index (κ3) is 3.56. The van der Waals surface area contributed by atoms with Gasteiger partial charge in [0.25, 0.3) is 10.0 Å². The Bertz CT molecular complexity index is 793. The zero-order chi connectivity index (χ0) is 15.6. The number of aromatic nitrogens is 1. The van der Waals surface area contributed by atoms with Gasteiger partial charge in [-0.15, -0.1) is 0 Å². The van der Waals surface area contributed by atoms with Gasteiger partial charge in [-0.1, -0.05) is 0 Å². The van der Waals surface area contributed by atoms with Crippen molar-refractivity contribution in [3.63, 3.8) is 0 Å². The van der Waals surface area contributed by atoms with Crippen LogP contribution < -0.4 is 4.72 Å². The van der Waals surface area contributed by atoms with Crippen molar-refractivity contribution in [1.29, 1.82) is 0 Å². The molecule has 0 aliphatic heterocycles. The molecule has 2 aromatic rings. The highest BCUT2D eigenvalue weighted by Gasteiger charge is 2.21. The SMILES string of the molecule is O=C(O)c1ccc(S(=O)(=O)Nc2ccc(Br)cn2)c(F)c1. The molecule has 6 nitrogen and oxygen atoms in total. The van der Waals surface area contributed by atoms with E-state index in [9.17, 15) is 17.6 Å². The van der Waals surface area contributed by atoms with Crippen LogP contribution in [0, 0.1) is 5.82 Å². The number of anilines is 1. The van der Waals surface area contributed by atoms with Crippen LogP contribution >= 0.6 is 15.9 Å². The molecule has 0 aliphatic rings. The number of aromatic carboxylic acids is 1. The Labute approximate surface area is 127 Å². The summed E-state index contributed by atoms with van der Waals surface area (Å²) in [6.07, 6.45) is 1.38. The predicted molar refractivity (Wildman–Crippen MR) is 76.1 cm³/mol. The zero-order valence-electron chi connectivity index (χ0n) is 10.2. The van der Waals surface area contributed by atoms with Crippen molar-refractivity contribution in [1.82, 2.24) is 4.98 Å². The second kappa shape index (κ2) is 5.78. The average Bonchev–Trinajstić information content (AvgIpc) is 2.40. The van der Waals surface area contributed by atoms with Gasteiger partial charge < -0.3 is 5.11 Å². The molecule has 1 aromatic heterocycles. The molecule has 0 saturated heterocycles. The summed E-state index contributed by atoms with van der Waals surface area (Å²) in [7, 11) is -4.20. The number of pyridine rings is 1. The van der Waals surface area contributed by atoms with Gasteiger partial charge in [0.15, 0.2) is 0 Å². The Morgan fingerprint density at radius 3 is 2.52 bits per heavy atom. The average molecular weight is 375 g/mol. The molecular formula is C12H8BrFN2O4S. The maximum atomic E-state index is 13.8. The molecule has 0 spiro atoms. The van der Waals surface area contributed by atoms with Gasteiger partial charge in [-0.2, -0.15) is 0 Å². The number of sulfonamides is 1. The van der Waals surface area contributed by atoms with E-state index in [1.54, 1.807) is 6.07 Å². The smallest absolute Gasteiger partial charge is 0.335 e. The Morgan fingerprint density at radius 2 is 2.00 bits per heavy atom. The normalized spacial score (nSPS) is 11.1. The fourth-order valence-corrected chi connectivity index (χ4v) is 2.78. The van der Waals surface area contributed by atoms with E-state index < -0.39 is 26.7 Å². The minimum atomic E-state index is -4.20. The first-order valence-corrected chi connectivity index (χ1v) is 7.74. The number of nitrogens with one attached hydrogen (secondary N) is 1. The largest absolute Gasteiger partial charge is 0.478 e. The number of carbonyl (C=O) groups is 1. The van der Waals surface area contributed by atoms with Crippen molar-refractivity contribution in [2.75, 3.05) is 4.72 Å². The van der Waals surface area contributed by atoms with Crippen molar-refractivity contribution in [3.8, 4) is 0 Å². The highest BCUT2D eigenvalue weighted by Crippen LogP contribution is 2.20. The summed E-state index contributed by atoms with van der Waals surface area (Å²) in [6, 6.07) is 5.50. The standard InChI is InChI=1S/C12H8BrFN2O4S/c13-8-2-4-11(15-6-8)16-21(19,20)10-3-1-7(12(17)18)5-9(10)14/h1-6H,(H,15,16)(H,17,18). The van der Waals surface area contributed by atoms with Crippen LogP contribution in [-0.4, -0.2) is 24.5 Å². The fraction of sp³-hybridized carbons (Fsp3) is 0. The third-order valence-corrected chi connectivity index (χ3v) is 4.29. The molecule has 0 radical (unpaired) electrons. The fourth-order valence-electron chi connectivity index (χ4n) is 1.48. The molecule has 0 unspecified atom stereocenters. The van der Waals surface area contributed by atoms with E-state index in [0.29, 0.717) is 10.5 Å². The Kier molecular flexibility index (Phi) is 4.24. The van der Waals surface area contributed by atoms with E-state index in [0.717, 1.165) is 12.1 Å². The number of rotatable bonds is 4. The van der Waals surface area contributed by atoms with Crippen LogP contribution in [0.2, 0.25) is 0 Å². The molecule has 1 heterocycles. The highest BCUT2D eigenvalue weighted by molar-refractivity contribution is 9.10. The van der Waals surface area contributed by atoms with Crippen LogP contribution in [0.3, 0.4) is 0 Å². The second-order valence-corrected chi connectivity index (χ2v) is 6.48. The summed E-state index contributed by atoms with van der Waals surface area (Å²) in [6.45, 7) is 0. The number of hydrogen-bond donors (Lipinski definition) is 2. The summed E-state index contributed by atoms with van der Waals surface area (Å²) < 4.78 is 40.6. The number of benzene rings is 1. The van der Waals surface area contributed by atoms with Gasteiger partial charge in [-0.05, 0) is 46.3 Å². The topological polar surface area (TPSA) is 96.4 Å². The van der Waals surface area contributed by atoms with Crippen molar-refractivity contribution < 1.29 is 22.7 Å². The number of carboxylic acid groups (broad SMARTS) is 1. The molecule has 0 bridgehead atoms. The lowest BCUT2D eigenvalue weighted by molar-refractivity contribution is 0.0696. The van der Waals surface area contributed by atoms with E-state index >= 15 is 0 Å². The van der Waals surface area contributed by atoms with Gasteiger partial charge in [0.2, 0.25) is 0 Å². The Balaban J connectivity index is 2.35. The molecule has 0 fully saturated rings. The van der Waals surface area contributed by atoms with Gasteiger partial charge in [-0.25, -0.2) is 22.6 Å². The van der Waals surface area contributed by atoms with E-state index in [4.69, 9.17) is 5.11 Å². The molecule has 9 heteroatoms. The van der Waals surface area contributed by atoms with Gasteiger partial charge in [0.05, 0.1) is 5.56 Å². The van der Waals surface area contributed by atoms with Crippen molar-refractivity contribution >= 4 is 37.7 Å². The first-order chi connectivity index (χ1) is 9.79. The molecule has 21 heavy (non-hydrogen) atoms. The zero-order valence-corrected chi connectivity index (χ0v) is 12.6. The van der Waals surface area contributed by atoms with Crippen molar-refractivity contribution in [2.45, 2.75) is 4.90 Å². The van der Waals surface area contributed by atoms with Crippen LogP contribution in [0.5, 0.6) is 0 Å². The molecule has 0 amide bonds. The molecular weight excluding hydrogens is 367 g/mol. The summed E-state index contributed by atoms with van der Waals surface area (Å²) in [5.41, 5.74) is -0.340. The summed E-state index contributed by atoms with van der Waals surface area (Å²) in [4.78, 5) is 13.8. The minimum absolute atomic E-state index is 0.0138. The van der Waals surface area contributed by atoms with Crippen molar-refractivity contribution in [2.24, 2.45) is 0 Å². The summed E-state index contributed by atoms with van der Waals surface area (Å²) in [5.74, 6) is -2.49. The summed E-state index contributed by atoms with van der Waals surface area (Å²) >= 11 is 3.15. The molecule has 2 N–H and O–H groups in total. The predicted octanol–water partition coefficient (Wildman–Crippen LogP) is 2.48. The van der Waals surface area contributed by atoms with Gasteiger partial charge in [0, 0.05) is 10.7 Å². The maximum Gasteiger partial charge on any atom is 0.335 e. The van der Waals surface area contributed by atoms with Crippen LogP contribution in [0.1, 0.15) is 10.4 Å². The van der Waals surface area contributed by atoms with Gasteiger partial charge in [-0.3, -0.25) is 4.72 Å². The van der Waals surface area contributed by atoms with Gasteiger partial charge >= 0.3 is 5.97 Å². The lowest BCUT2D eigenvalue weighted by Gasteiger charge is -2.08. The Morgan fingerprint density at radius 1 is 1.29 bits per heavy atom. The Hall–Kier alpha value is -2.00. The van der Waals surface area contributed by atoms with Crippen molar-refractivity contribution in [3.05, 3.63) is 52.4 Å². The number of nitrogens with zero attached hydrogens (tertiary/aromatic N) is 1. The molecule has 0 aliphatic carbocycles. The lowest BCUT2D eigenvalue weighted by Crippen LogP contribution is -2.16. The number of carboxylic acids is 1. The number of hydrogen-bond acceptors (Lipinski definition) is 4. The molecule has 0 atom stereocenters. The molecule has 0 saturated carbocycles. The van der Waals surface area contributed by atoms with Crippen LogP contribution in [0.4, 0.5) is 10.2 Å². The minimum Gasteiger partial charge on any atom is -0.478 e. The monoisotopic (exact) mass is 374 g/mol. The van der Waals surface area contributed by atoms with E-state index in [2.05, 4.69) is 25.6 Å². The second-order valence-electron chi connectivity index (χ2n) is 3.92. The van der Waals surface area contributed by atoms with E-state index in [1.807, 2.05) is 0 Å². The van der Waals surface area contributed by atoms with Gasteiger partial charge in [0.1, 0.15) is 16.5 Å². The molecule has 2 rings (SSSR count). The summed E-state index contributed by atoms with van der Waals surface area (Å²) in [5, 5.41) is 8.72. The first kappa shape index (κ1) is 15.4. The number of halogens is 2. The maximum absolute atomic E-state index is 13.8. The molecule has 1 aromatic carbocycles.